The van der Waals surface area contributed by atoms with Crippen LogP contribution in [0.15, 0.2) is 29.2 Å². The Balaban J connectivity index is 2.08. The number of anilines is 1. The first-order valence-corrected chi connectivity index (χ1v) is 9.73. The van der Waals surface area contributed by atoms with Crippen molar-refractivity contribution in [2.75, 3.05) is 30.7 Å². The molecule has 2 rings (SSSR count). The summed E-state index contributed by atoms with van der Waals surface area (Å²) in [5.41, 5.74) is 0.0411. The Morgan fingerprint density at radius 1 is 1.27 bits per heavy atom. The lowest BCUT2D eigenvalue weighted by atomic mass is 10.3. The standard InChI is InChI=1S/C12H16F2N2O4S2/c13-12(14)22(19,20)11-5-2-1-4-10(11)15-6-8-16-7-3-9-21(16,17)18/h1-2,4-5,12,15H,3,6-9H2. The number of nitrogens with one attached hydrogen (secondary N) is 1. The highest BCUT2D eigenvalue weighted by Gasteiger charge is 2.30. The van der Waals surface area contributed by atoms with E-state index in [-0.39, 0.29) is 24.5 Å². The summed E-state index contributed by atoms with van der Waals surface area (Å²) >= 11 is 0. The van der Waals surface area contributed by atoms with Crippen LogP contribution in [0.1, 0.15) is 6.42 Å². The summed E-state index contributed by atoms with van der Waals surface area (Å²) in [7, 11) is -7.95. The molecule has 0 amide bonds. The Morgan fingerprint density at radius 3 is 2.55 bits per heavy atom. The molecular weight excluding hydrogens is 338 g/mol. The molecule has 1 saturated heterocycles. The van der Waals surface area contributed by atoms with Gasteiger partial charge in [0.2, 0.25) is 19.9 Å². The minimum atomic E-state index is -4.71. The molecule has 0 aliphatic carbocycles. The molecule has 1 heterocycles. The zero-order valence-electron chi connectivity index (χ0n) is 11.6. The fraction of sp³-hybridized carbons (Fsp3) is 0.500. The number of hydrogen-bond acceptors (Lipinski definition) is 5. The van der Waals surface area contributed by atoms with Crippen LogP contribution in [0, 0.1) is 0 Å². The molecule has 0 aromatic heterocycles. The molecule has 1 N–H and O–H groups in total. The second-order valence-corrected chi connectivity index (χ2v) is 8.77. The van der Waals surface area contributed by atoms with Crippen LogP contribution in [0.5, 0.6) is 0 Å². The van der Waals surface area contributed by atoms with Crippen LogP contribution in [0.25, 0.3) is 0 Å². The highest BCUT2D eigenvalue weighted by Crippen LogP contribution is 2.26. The van der Waals surface area contributed by atoms with E-state index in [1.165, 1.54) is 22.5 Å². The van der Waals surface area contributed by atoms with Crippen molar-refractivity contribution in [3.63, 3.8) is 0 Å². The van der Waals surface area contributed by atoms with Crippen LogP contribution in [0.2, 0.25) is 0 Å². The first kappa shape index (κ1) is 17.1. The van der Waals surface area contributed by atoms with Crippen LogP contribution in [-0.2, 0) is 19.9 Å². The van der Waals surface area contributed by atoms with E-state index in [0.29, 0.717) is 13.0 Å². The van der Waals surface area contributed by atoms with E-state index >= 15 is 0 Å². The average Bonchev–Trinajstić information content (AvgIpc) is 2.78. The molecule has 0 atom stereocenters. The molecule has 22 heavy (non-hydrogen) atoms. The predicted molar refractivity (Wildman–Crippen MR) is 78.1 cm³/mol. The molecule has 0 spiro atoms. The fourth-order valence-electron chi connectivity index (χ4n) is 2.21. The number of benzene rings is 1. The third-order valence-electron chi connectivity index (χ3n) is 3.31. The zero-order chi connectivity index (χ0) is 16.4. The van der Waals surface area contributed by atoms with Gasteiger partial charge in [0.1, 0.15) is 0 Å². The number of para-hydroxylation sites is 1. The van der Waals surface area contributed by atoms with Gasteiger partial charge < -0.3 is 5.32 Å². The van der Waals surface area contributed by atoms with Crippen LogP contribution in [-0.4, -0.2) is 52.3 Å². The summed E-state index contributed by atoms with van der Waals surface area (Å²) in [5, 5.41) is 2.72. The second-order valence-electron chi connectivity index (χ2n) is 4.80. The molecule has 10 heteroatoms. The predicted octanol–water partition coefficient (Wildman–Crippen LogP) is 1.13. The maximum Gasteiger partial charge on any atom is 0.341 e. The molecule has 0 unspecified atom stereocenters. The molecule has 1 fully saturated rings. The first-order chi connectivity index (χ1) is 10.2. The van der Waals surface area contributed by atoms with E-state index in [9.17, 15) is 25.6 Å². The molecule has 0 saturated carbocycles. The molecule has 1 aliphatic heterocycles. The van der Waals surface area contributed by atoms with Crippen molar-refractivity contribution in [1.29, 1.82) is 0 Å². The van der Waals surface area contributed by atoms with E-state index < -0.39 is 30.5 Å². The minimum Gasteiger partial charge on any atom is -0.383 e. The van der Waals surface area contributed by atoms with Gasteiger partial charge in [0.05, 0.1) is 16.3 Å². The smallest absolute Gasteiger partial charge is 0.341 e. The number of hydrogen-bond donors (Lipinski definition) is 1. The Labute approximate surface area is 128 Å². The third kappa shape index (κ3) is 3.55. The maximum absolute atomic E-state index is 12.6. The fourth-order valence-corrected chi connectivity index (χ4v) is 4.65. The van der Waals surface area contributed by atoms with Crippen molar-refractivity contribution in [3.05, 3.63) is 24.3 Å². The van der Waals surface area contributed by atoms with E-state index in [2.05, 4.69) is 5.32 Å². The summed E-state index contributed by atoms with van der Waals surface area (Å²) in [6, 6.07) is 5.33. The van der Waals surface area contributed by atoms with Gasteiger partial charge in [-0.05, 0) is 18.6 Å². The zero-order valence-corrected chi connectivity index (χ0v) is 13.2. The number of sulfonamides is 1. The van der Waals surface area contributed by atoms with Crippen molar-refractivity contribution in [2.45, 2.75) is 17.1 Å². The number of rotatable bonds is 6. The summed E-state index contributed by atoms with van der Waals surface area (Å²) < 4.78 is 73.0. The molecule has 124 valence electrons. The van der Waals surface area contributed by atoms with Crippen molar-refractivity contribution < 1.29 is 25.6 Å². The lowest BCUT2D eigenvalue weighted by molar-refractivity contribution is 0.235. The van der Waals surface area contributed by atoms with Crippen LogP contribution < -0.4 is 5.32 Å². The van der Waals surface area contributed by atoms with Crippen molar-refractivity contribution in [3.8, 4) is 0 Å². The van der Waals surface area contributed by atoms with Gasteiger partial charge >= 0.3 is 5.76 Å². The molecule has 1 aromatic rings. The Morgan fingerprint density at radius 2 is 1.95 bits per heavy atom. The van der Waals surface area contributed by atoms with Gasteiger partial charge in [-0.25, -0.2) is 21.1 Å². The summed E-state index contributed by atoms with van der Waals surface area (Å²) in [6.45, 7) is 0.710. The van der Waals surface area contributed by atoms with Crippen LogP contribution >= 0.6 is 0 Å². The van der Waals surface area contributed by atoms with Crippen molar-refractivity contribution in [1.82, 2.24) is 4.31 Å². The summed E-state index contributed by atoms with van der Waals surface area (Å²) in [6.07, 6.45) is 0.554. The third-order valence-corrected chi connectivity index (χ3v) is 6.70. The normalized spacial score (nSPS) is 18.7. The van der Waals surface area contributed by atoms with Crippen LogP contribution in [0.3, 0.4) is 0 Å². The first-order valence-electron chi connectivity index (χ1n) is 6.58. The molecule has 1 aliphatic rings. The lowest BCUT2D eigenvalue weighted by Gasteiger charge is -2.16. The monoisotopic (exact) mass is 354 g/mol. The van der Waals surface area contributed by atoms with E-state index in [1.54, 1.807) is 0 Å². The second kappa shape index (κ2) is 6.47. The molecular formula is C12H16F2N2O4S2. The quantitative estimate of drug-likeness (QED) is 0.828. The van der Waals surface area contributed by atoms with Gasteiger partial charge in [-0.15, -0.1) is 0 Å². The largest absolute Gasteiger partial charge is 0.383 e. The SMILES string of the molecule is O=S(=O)(c1ccccc1NCCN1CCCS1(=O)=O)C(F)F. The molecule has 0 radical (unpaired) electrons. The number of sulfone groups is 1. The summed E-state index contributed by atoms with van der Waals surface area (Å²) in [5.74, 6) is -3.40. The number of nitrogens with zero attached hydrogens (tertiary/aromatic N) is 1. The topological polar surface area (TPSA) is 83.6 Å². The molecule has 1 aromatic carbocycles. The Hall–Kier alpha value is -1.26. The number of alkyl halides is 2. The Kier molecular flexibility index (Phi) is 5.03. The Bertz CT molecular complexity index is 735. The molecule has 0 bridgehead atoms. The lowest BCUT2D eigenvalue weighted by Crippen LogP contribution is -2.31. The average molecular weight is 354 g/mol. The van der Waals surface area contributed by atoms with E-state index in [4.69, 9.17) is 0 Å². The summed E-state index contributed by atoms with van der Waals surface area (Å²) in [4.78, 5) is -0.491. The van der Waals surface area contributed by atoms with E-state index in [0.717, 1.165) is 6.07 Å². The highest BCUT2D eigenvalue weighted by molar-refractivity contribution is 7.91. The molecule has 6 nitrogen and oxygen atoms in total. The highest BCUT2D eigenvalue weighted by atomic mass is 32.2. The van der Waals surface area contributed by atoms with Gasteiger partial charge in [0, 0.05) is 19.6 Å². The van der Waals surface area contributed by atoms with Gasteiger partial charge in [0.25, 0.3) is 0 Å². The van der Waals surface area contributed by atoms with Gasteiger partial charge in [-0.1, -0.05) is 12.1 Å². The van der Waals surface area contributed by atoms with Gasteiger partial charge in [-0.3, -0.25) is 0 Å². The number of halogens is 2. The maximum atomic E-state index is 12.6. The van der Waals surface area contributed by atoms with Gasteiger partial charge in [0.15, 0.2) is 0 Å². The van der Waals surface area contributed by atoms with Crippen molar-refractivity contribution in [2.24, 2.45) is 0 Å². The van der Waals surface area contributed by atoms with E-state index in [1.807, 2.05) is 0 Å². The minimum absolute atomic E-state index is 0.0411. The van der Waals surface area contributed by atoms with Gasteiger partial charge in [-0.2, -0.15) is 8.78 Å². The van der Waals surface area contributed by atoms with Crippen LogP contribution in [0.4, 0.5) is 14.5 Å². The van der Waals surface area contributed by atoms with Crippen molar-refractivity contribution >= 4 is 25.5 Å².